The molecular formula is C16H11F2NO4. The molecule has 0 saturated heterocycles. The van der Waals surface area contributed by atoms with Crippen LogP contribution >= 0.6 is 0 Å². The van der Waals surface area contributed by atoms with Gasteiger partial charge in [0.15, 0.2) is 11.6 Å². The number of aryl methyl sites for hydroxylation is 1. The fourth-order valence-electron chi connectivity index (χ4n) is 2.73. The van der Waals surface area contributed by atoms with E-state index in [4.69, 9.17) is 4.74 Å². The molecule has 0 bridgehead atoms. The number of halogens is 2. The molecule has 3 rings (SSSR count). The molecule has 0 radical (unpaired) electrons. The molecule has 0 spiro atoms. The topological polar surface area (TPSA) is 76.5 Å². The fourth-order valence-corrected chi connectivity index (χ4v) is 2.73. The van der Waals surface area contributed by atoms with E-state index in [1.807, 2.05) is 0 Å². The van der Waals surface area contributed by atoms with Crippen molar-refractivity contribution in [3.63, 3.8) is 0 Å². The number of aromatic carboxylic acids is 1. The Bertz CT molecular complexity index is 864. The number of rotatable bonds is 2. The van der Waals surface area contributed by atoms with Gasteiger partial charge in [0.25, 0.3) is 0 Å². The number of esters is 1. The normalized spacial score (nSPS) is 16.2. The highest BCUT2D eigenvalue weighted by Gasteiger charge is 2.37. The van der Waals surface area contributed by atoms with E-state index >= 15 is 0 Å². The third kappa shape index (κ3) is 2.16. The first-order valence-electron chi connectivity index (χ1n) is 6.76. The van der Waals surface area contributed by atoms with Gasteiger partial charge in [0.2, 0.25) is 0 Å². The molecule has 1 aliphatic rings. The van der Waals surface area contributed by atoms with Gasteiger partial charge in [0.1, 0.15) is 6.10 Å². The minimum Gasteiger partial charge on any atom is -0.478 e. The van der Waals surface area contributed by atoms with Gasteiger partial charge in [-0.1, -0.05) is 12.1 Å². The molecule has 2 aromatic rings. The van der Waals surface area contributed by atoms with Crippen molar-refractivity contribution < 1.29 is 28.2 Å². The number of carboxylic acid groups (broad SMARTS) is 1. The van der Waals surface area contributed by atoms with Crippen LogP contribution in [0.5, 0.6) is 0 Å². The van der Waals surface area contributed by atoms with Gasteiger partial charge in [0.05, 0.1) is 22.5 Å². The average molecular weight is 319 g/mol. The number of carbonyl (C=O) groups is 2. The zero-order valence-electron chi connectivity index (χ0n) is 12.2. The number of aromatic nitrogens is 1. The number of cyclic esters (lactones) is 1. The van der Waals surface area contributed by atoms with Crippen LogP contribution in [0.4, 0.5) is 8.78 Å². The van der Waals surface area contributed by atoms with Crippen molar-refractivity contribution >= 4 is 11.9 Å². The predicted octanol–water partition coefficient (Wildman–Crippen LogP) is 3.26. The van der Waals surface area contributed by atoms with E-state index in [2.05, 4.69) is 4.98 Å². The molecule has 2 heterocycles. The summed E-state index contributed by atoms with van der Waals surface area (Å²) in [6.07, 6.45) is -0.686. The second-order valence-electron chi connectivity index (χ2n) is 5.16. The van der Waals surface area contributed by atoms with Crippen molar-refractivity contribution in [3.8, 4) is 11.1 Å². The third-order valence-corrected chi connectivity index (χ3v) is 3.71. The molecule has 0 aliphatic carbocycles. The second-order valence-corrected chi connectivity index (χ2v) is 5.16. The maximum absolute atomic E-state index is 14.2. The van der Waals surface area contributed by atoms with Gasteiger partial charge >= 0.3 is 11.9 Å². The zero-order valence-corrected chi connectivity index (χ0v) is 12.2. The summed E-state index contributed by atoms with van der Waals surface area (Å²) in [4.78, 5) is 27.8. The van der Waals surface area contributed by atoms with E-state index in [-0.39, 0.29) is 33.6 Å². The number of carboxylic acids is 1. The van der Waals surface area contributed by atoms with Gasteiger partial charge < -0.3 is 9.84 Å². The van der Waals surface area contributed by atoms with E-state index in [0.717, 1.165) is 6.07 Å². The SMILES string of the molecule is Cc1nc2c(c(-c3cccc(F)c3F)c1C(=O)O)C(=O)OC2C. The summed E-state index contributed by atoms with van der Waals surface area (Å²) in [5.41, 5.74) is -0.679. The van der Waals surface area contributed by atoms with Crippen molar-refractivity contribution in [3.05, 3.63) is 52.3 Å². The van der Waals surface area contributed by atoms with Crippen LogP contribution in [0.2, 0.25) is 0 Å². The molecule has 1 N–H and O–H groups in total. The Morgan fingerprint density at radius 1 is 1.30 bits per heavy atom. The molecule has 7 heteroatoms. The summed E-state index contributed by atoms with van der Waals surface area (Å²) in [5, 5.41) is 9.44. The van der Waals surface area contributed by atoms with Gasteiger partial charge in [-0.25, -0.2) is 18.4 Å². The Morgan fingerprint density at radius 3 is 2.65 bits per heavy atom. The monoisotopic (exact) mass is 319 g/mol. The maximum atomic E-state index is 14.2. The van der Waals surface area contributed by atoms with Crippen molar-refractivity contribution in [1.82, 2.24) is 4.98 Å². The second kappa shape index (κ2) is 5.12. The summed E-state index contributed by atoms with van der Waals surface area (Å²) < 4.78 is 32.8. The van der Waals surface area contributed by atoms with Crippen LogP contribution in [-0.4, -0.2) is 22.0 Å². The summed E-state index contributed by atoms with van der Waals surface area (Å²) in [5.74, 6) is -4.55. The average Bonchev–Trinajstić information content (AvgIpc) is 2.75. The lowest BCUT2D eigenvalue weighted by molar-refractivity contribution is 0.0418. The van der Waals surface area contributed by atoms with Gasteiger partial charge in [-0.2, -0.15) is 0 Å². The summed E-state index contributed by atoms with van der Waals surface area (Å²) in [6, 6.07) is 3.37. The Kier molecular flexibility index (Phi) is 3.35. The Morgan fingerprint density at radius 2 is 2.00 bits per heavy atom. The highest BCUT2D eigenvalue weighted by molar-refractivity contribution is 6.08. The van der Waals surface area contributed by atoms with Gasteiger partial charge in [-0.05, 0) is 19.9 Å². The molecule has 1 aromatic carbocycles. The molecule has 1 unspecified atom stereocenters. The molecule has 23 heavy (non-hydrogen) atoms. The Labute approximate surface area is 129 Å². The highest BCUT2D eigenvalue weighted by atomic mass is 19.2. The van der Waals surface area contributed by atoms with Crippen LogP contribution in [0.3, 0.4) is 0 Å². The molecule has 1 aromatic heterocycles. The first kappa shape index (κ1) is 15.1. The molecule has 0 fully saturated rings. The molecular weight excluding hydrogens is 308 g/mol. The van der Waals surface area contributed by atoms with E-state index in [1.54, 1.807) is 6.92 Å². The molecule has 1 atom stereocenters. The van der Waals surface area contributed by atoms with Crippen molar-refractivity contribution in [2.24, 2.45) is 0 Å². The smallest absolute Gasteiger partial charge is 0.341 e. The van der Waals surface area contributed by atoms with Crippen molar-refractivity contribution in [2.75, 3.05) is 0 Å². The highest BCUT2D eigenvalue weighted by Crippen LogP contribution is 2.40. The lowest BCUT2D eigenvalue weighted by atomic mass is 9.92. The largest absolute Gasteiger partial charge is 0.478 e. The van der Waals surface area contributed by atoms with Gasteiger partial charge in [-0.3, -0.25) is 4.98 Å². The summed E-state index contributed by atoms with van der Waals surface area (Å²) in [6.45, 7) is 3.00. The van der Waals surface area contributed by atoms with E-state index in [1.165, 1.54) is 19.1 Å². The van der Waals surface area contributed by atoms with Crippen molar-refractivity contribution in [1.29, 1.82) is 0 Å². The number of hydrogen-bond donors (Lipinski definition) is 1. The number of fused-ring (bicyclic) bond motifs is 1. The predicted molar refractivity (Wildman–Crippen MR) is 75.1 cm³/mol. The molecule has 118 valence electrons. The Balaban J connectivity index is 2.48. The quantitative estimate of drug-likeness (QED) is 0.860. The number of pyridine rings is 1. The maximum Gasteiger partial charge on any atom is 0.341 e. The van der Waals surface area contributed by atoms with Gasteiger partial charge in [0, 0.05) is 11.1 Å². The lowest BCUT2D eigenvalue weighted by Gasteiger charge is -2.13. The molecule has 0 saturated carbocycles. The number of nitrogens with zero attached hydrogens (tertiary/aromatic N) is 1. The first-order valence-corrected chi connectivity index (χ1v) is 6.76. The third-order valence-electron chi connectivity index (χ3n) is 3.71. The fraction of sp³-hybridized carbons (Fsp3) is 0.188. The van der Waals surface area contributed by atoms with Crippen molar-refractivity contribution in [2.45, 2.75) is 20.0 Å². The number of hydrogen-bond acceptors (Lipinski definition) is 4. The van der Waals surface area contributed by atoms with Crippen LogP contribution in [-0.2, 0) is 4.74 Å². The molecule has 5 nitrogen and oxygen atoms in total. The van der Waals surface area contributed by atoms with Crippen LogP contribution in [0.25, 0.3) is 11.1 Å². The van der Waals surface area contributed by atoms with Crippen LogP contribution < -0.4 is 0 Å². The van der Waals surface area contributed by atoms with Crippen LogP contribution in [0.1, 0.15) is 45.1 Å². The molecule has 1 aliphatic heterocycles. The van der Waals surface area contributed by atoms with Crippen LogP contribution in [0, 0.1) is 18.6 Å². The van der Waals surface area contributed by atoms with E-state index < -0.39 is 29.7 Å². The van der Waals surface area contributed by atoms with E-state index in [9.17, 15) is 23.5 Å². The van der Waals surface area contributed by atoms with E-state index in [0.29, 0.717) is 0 Å². The van der Waals surface area contributed by atoms with Crippen LogP contribution in [0.15, 0.2) is 18.2 Å². The lowest BCUT2D eigenvalue weighted by Crippen LogP contribution is -2.12. The first-order chi connectivity index (χ1) is 10.8. The summed E-state index contributed by atoms with van der Waals surface area (Å²) >= 11 is 0. The standard InChI is InChI=1S/C16H11F2NO4/c1-6-10(15(20)21)11(8-4-3-5-9(17)13(8)18)12-14(19-6)7(2)23-16(12)22/h3-5,7H,1-2H3,(H,20,21). The number of ether oxygens (including phenoxy) is 1. The summed E-state index contributed by atoms with van der Waals surface area (Å²) in [7, 11) is 0. The number of benzene rings is 1. The number of carbonyl (C=O) groups excluding carboxylic acids is 1. The zero-order chi connectivity index (χ0) is 16.9. The van der Waals surface area contributed by atoms with Gasteiger partial charge in [-0.15, -0.1) is 0 Å². The minimum absolute atomic E-state index is 0.0973. The molecule has 0 amide bonds. The minimum atomic E-state index is -1.39. The Hall–Kier alpha value is -2.83.